The van der Waals surface area contributed by atoms with Crippen LogP contribution in [0.3, 0.4) is 0 Å². The van der Waals surface area contributed by atoms with Crippen molar-refractivity contribution in [3.63, 3.8) is 0 Å². The number of rotatable bonds is 7. The molecule has 0 unspecified atom stereocenters. The quantitative estimate of drug-likeness (QED) is 0.757. The van der Waals surface area contributed by atoms with E-state index in [-0.39, 0.29) is 11.6 Å². The van der Waals surface area contributed by atoms with Gasteiger partial charge < -0.3 is 10.6 Å². The fourth-order valence-corrected chi connectivity index (χ4v) is 2.14. The third kappa shape index (κ3) is 4.97. The second-order valence-electron chi connectivity index (χ2n) is 5.40. The van der Waals surface area contributed by atoms with Gasteiger partial charge >= 0.3 is 0 Å². The highest BCUT2D eigenvalue weighted by Gasteiger charge is 2.11. The molecular formula is C17H20F2N4O. The minimum Gasteiger partial charge on any atom is -0.351 e. The van der Waals surface area contributed by atoms with Gasteiger partial charge in [0.2, 0.25) is 0 Å². The Morgan fingerprint density at radius 3 is 2.62 bits per heavy atom. The topological polar surface area (TPSA) is 66.9 Å². The summed E-state index contributed by atoms with van der Waals surface area (Å²) < 4.78 is 26.2. The third-order valence-corrected chi connectivity index (χ3v) is 3.33. The molecule has 0 aliphatic heterocycles. The first kappa shape index (κ1) is 17.8. The van der Waals surface area contributed by atoms with Crippen LogP contribution < -0.4 is 10.6 Å². The number of anilines is 2. The van der Waals surface area contributed by atoms with E-state index in [0.29, 0.717) is 23.9 Å². The fourth-order valence-electron chi connectivity index (χ4n) is 2.14. The Balaban J connectivity index is 2.10. The number of carbonyl (C=O) groups excluding carboxylic acids is 1. The Morgan fingerprint density at radius 1 is 1.12 bits per heavy atom. The number of hydrogen-bond acceptors (Lipinski definition) is 4. The predicted octanol–water partition coefficient (Wildman–Crippen LogP) is 3.73. The molecule has 1 amide bonds. The van der Waals surface area contributed by atoms with Gasteiger partial charge in [-0.2, -0.15) is 0 Å². The number of halogens is 2. The van der Waals surface area contributed by atoms with E-state index < -0.39 is 11.6 Å². The van der Waals surface area contributed by atoms with Crippen LogP contribution in [0.4, 0.5) is 20.3 Å². The molecule has 128 valence electrons. The number of aromatic nitrogens is 2. The molecule has 1 heterocycles. The summed E-state index contributed by atoms with van der Waals surface area (Å²) >= 11 is 0. The van der Waals surface area contributed by atoms with E-state index in [1.165, 1.54) is 12.1 Å². The summed E-state index contributed by atoms with van der Waals surface area (Å²) in [7, 11) is 0. The molecular weight excluding hydrogens is 314 g/mol. The average Bonchev–Trinajstić information content (AvgIpc) is 2.54. The van der Waals surface area contributed by atoms with Gasteiger partial charge in [-0.3, -0.25) is 4.79 Å². The molecule has 1 aromatic heterocycles. The van der Waals surface area contributed by atoms with Gasteiger partial charge in [0.1, 0.15) is 17.3 Å². The Kier molecular flexibility index (Phi) is 6.17. The van der Waals surface area contributed by atoms with Gasteiger partial charge in [-0.25, -0.2) is 18.7 Å². The van der Waals surface area contributed by atoms with Gasteiger partial charge in [-0.15, -0.1) is 0 Å². The summed E-state index contributed by atoms with van der Waals surface area (Å²) in [5, 5.41) is 5.65. The van der Waals surface area contributed by atoms with E-state index in [2.05, 4.69) is 27.5 Å². The lowest BCUT2D eigenvalue weighted by Gasteiger charge is -2.09. The van der Waals surface area contributed by atoms with Crippen molar-refractivity contribution in [3.05, 3.63) is 47.4 Å². The molecule has 0 saturated heterocycles. The number of benzene rings is 1. The highest BCUT2D eigenvalue weighted by molar-refractivity contribution is 5.93. The standard InChI is InChI=1S/C17H20F2N4O/c1-3-4-5-8-20-17(24)15-10-16(22-11(2)21-15)23-12-6-7-13(18)14(19)9-12/h6-7,9-10H,3-5,8H2,1-2H3,(H,20,24)(H,21,22,23). The Labute approximate surface area is 139 Å². The molecule has 0 spiro atoms. The largest absolute Gasteiger partial charge is 0.351 e. The van der Waals surface area contributed by atoms with Gasteiger partial charge in [-0.1, -0.05) is 19.8 Å². The van der Waals surface area contributed by atoms with Crippen molar-refractivity contribution >= 4 is 17.4 Å². The van der Waals surface area contributed by atoms with Crippen LogP contribution in [0.15, 0.2) is 24.3 Å². The first-order valence-corrected chi connectivity index (χ1v) is 7.85. The van der Waals surface area contributed by atoms with E-state index in [1.54, 1.807) is 6.92 Å². The number of hydrogen-bond donors (Lipinski definition) is 2. The molecule has 0 bridgehead atoms. The Morgan fingerprint density at radius 2 is 1.92 bits per heavy atom. The summed E-state index contributed by atoms with van der Waals surface area (Å²) in [6.07, 6.45) is 3.03. The second kappa shape index (κ2) is 8.33. The highest BCUT2D eigenvalue weighted by atomic mass is 19.2. The predicted molar refractivity (Wildman–Crippen MR) is 88.3 cm³/mol. The molecule has 0 saturated carbocycles. The van der Waals surface area contributed by atoms with Crippen molar-refractivity contribution < 1.29 is 13.6 Å². The molecule has 1 aromatic carbocycles. The van der Waals surface area contributed by atoms with E-state index in [9.17, 15) is 13.6 Å². The van der Waals surface area contributed by atoms with E-state index >= 15 is 0 Å². The zero-order chi connectivity index (χ0) is 17.5. The van der Waals surface area contributed by atoms with Crippen LogP contribution in [0, 0.1) is 18.6 Å². The lowest BCUT2D eigenvalue weighted by molar-refractivity contribution is 0.0947. The van der Waals surface area contributed by atoms with E-state index in [1.807, 2.05) is 0 Å². The number of unbranched alkanes of at least 4 members (excludes halogenated alkanes) is 2. The smallest absolute Gasteiger partial charge is 0.270 e. The molecule has 0 fully saturated rings. The number of nitrogens with one attached hydrogen (secondary N) is 2. The third-order valence-electron chi connectivity index (χ3n) is 3.33. The molecule has 0 radical (unpaired) electrons. The molecule has 2 aromatic rings. The number of aryl methyl sites for hydroxylation is 1. The van der Waals surface area contributed by atoms with Gasteiger partial charge in [0, 0.05) is 24.4 Å². The van der Waals surface area contributed by atoms with Crippen molar-refractivity contribution in [3.8, 4) is 0 Å². The van der Waals surface area contributed by atoms with Crippen molar-refractivity contribution in [2.75, 3.05) is 11.9 Å². The minimum atomic E-state index is -0.959. The first-order valence-electron chi connectivity index (χ1n) is 7.85. The van der Waals surface area contributed by atoms with Crippen molar-refractivity contribution in [2.45, 2.75) is 33.1 Å². The van der Waals surface area contributed by atoms with E-state index in [0.717, 1.165) is 31.4 Å². The number of nitrogens with zero attached hydrogens (tertiary/aromatic N) is 2. The molecule has 2 N–H and O–H groups in total. The summed E-state index contributed by atoms with van der Waals surface area (Å²) in [6, 6.07) is 4.91. The molecule has 7 heteroatoms. The van der Waals surface area contributed by atoms with Crippen LogP contribution in [0.1, 0.15) is 42.5 Å². The Hall–Kier alpha value is -2.57. The maximum atomic E-state index is 13.3. The molecule has 5 nitrogen and oxygen atoms in total. The normalized spacial score (nSPS) is 10.5. The van der Waals surface area contributed by atoms with Gasteiger partial charge in [-0.05, 0) is 25.5 Å². The Bertz CT molecular complexity index is 722. The number of amides is 1. The second-order valence-corrected chi connectivity index (χ2v) is 5.40. The highest BCUT2D eigenvalue weighted by Crippen LogP contribution is 2.18. The summed E-state index contributed by atoms with van der Waals surface area (Å²) in [5.74, 6) is -1.43. The van der Waals surface area contributed by atoms with Crippen LogP contribution >= 0.6 is 0 Å². The van der Waals surface area contributed by atoms with Crippen LogP contribution in [0.5, 0.6) is 0 Å². The van der Waals surface area contributed by atoms with Crippen molar-refractivity contribution in [1.29, 1.82) is 0 Å². The summed E-state index contributed by atoms with van der Waals surface area (Å²) in [4.78, 5) is 20.4. The SMILES string of the molecule is CCCCCNC(=O)c1cc(Nc2ccc(F)c(F)c2)nc(C)n1. The maximum absolute atomic E-state index is 13.3. The van der Waals surface area contributed by atoms with Gasteiger partial charge in [0.05, 0.1) is 0 Å². The summed E-state index contributed by atoms with van der Waals surface area (Å²) in [6.45, 7) is 4.33. The molecule has 24 heavy (non-hydrogen) atoms. The van der Waals surface area contributed by atoms with Gasteiger partial charge in [0.25, 0.3) is 5.91 Å². The van der Waals surface area contributed by atoms with Crippen molar-refractivity contribution in [2.24, 2.45) is 0 Å². The summed E-state index contributed by atoms with van der Waals surface area (Å²) in [5.41, 5.74) is 0.561. The maximum Gasteiger partial charge on any atom is 0.270 e. The van der Waals surface area contributed by atoms with Crippen LogP contribution in [-0.4, -0.2) is 22.4 Å². The average molecular weight is 334 g/mol. The lowest BCUT2D eigenvalue weighted by Crippen LogP contribution is -2.25. The molecule has 0 atom stereocenters. The molecule has 0 aliphatic carbocycles. The lowest BCUT2D eigenvalue weighted by atomic mass is 10.2. The monoisotopic (exact) mass is 334 g/mol. The zero-order valence-corrected chi connectivity index (χ0v) is 13.7. The minimum absolute atomic E-state index is 0.226. The fraction of sp³-hybridized carbons (Fsp3) is 0.353. The molecule has 0 aliphatic rings. The van der Waals surface area contributed by atoms with Crippen molar-refractivity contribution in [1.82, 2.24) is 15.3 Å². The van der Waals surface area contributed by atoms with Crippen LogP contribution in [0.25, 0.3) is 0 Å². The van der Waals surface area contributed by atoms with E-state index in [4.69, 9.17) is 0 Å². The zero-order valence-electron chi connectivity index (χ0n) is 13.7. The number of carbonyl (C=O) groups is 1. The van der Waals surface area contributed by atoms with Gasteiger partial charge in [0.15, 0.2) is 11.6 Å². The van der Waals surface area contributed by atoms with Crippen LogP contribution in [-0.2, 0) is 0 Å². The molecule has 2 rings (SSSR count). The van der Waals surface area contributed by atoms with Crippen LogP contribution in [0.2, 0.25) is 0 Å². The first-order chi connectivity index (χ1) is 11.5.